The van der Waals surface area contributed by atoms with Crippen LogP contribution in [-0.4, -0.2) is 34.2 Å². The number of amides is 3. The number of primary amides is 1. The summed E-state index contributed by atoms with van der Waals surface area (Å²) in [6.45, 7) is 4.64. The molecule has 0 aliphatic rings. The van der Waals surface area contributed by atoms with Crippen molar-refractivity contribution in [1.82, 2.24) is 9.38 Å². The van der Waals surface area contributed by atoms with E-state index in [-0.39, 0.29) is 5.91 Å². The summed E-state index contributed by atoms with van der Waals surface area (Å²) in [5.74, 6) is -0.149. The number of rotatable bonds is 9. The Morgan fingerprint density at radius 1 is 1.13 bits per heavy atom. The number of fused-ring (bicyclic) bond motifs is 1. The van der Waals surface area contributed by atoms with Gasteiger partial charge in [-0.2, -0.15) is 0 Å². The summed E-state index contributed by atoms with van der Waals surface area (Å²) in [6, 6.07) is 9.80. The zero-order valence-corrected chi connectivity index (χ0v) is 17.1. The van der Waals surface area contributed by atoms with Crippen LogP contribution in [0.2, 0.25) is 0 Å². The van der Waals surface area contributed by atoms with Gasteiger partial charge in [-0.1, -0.05) is 20.3 Å². The van der Waals surface area contributed by atoms with Crippen molar-refractivity contribution in [1.29, 1.82) is 0 Å². The van der Waals surface area contributed by atoms with Crippen LogP contribution in [-0.2, 0) is 11.2 Å². The summed E-state index contributed by atoms with van der Waals surface area (Å²) in [5.41, 5.74) is 8.05. The van der Waals surface area contributed by atoms with Crippen LogP contribution in [0, 0.1) is 0 Å². The van der Waals surface area contributed by atoms with Crippen LogP contribution in [0.25, 0.3) is 5.65 Å². The molecule has 156 valence electrons. The number of hydrogen-bond acceptors (Lipinski definition) is 4. The molecule has 8 nitrogen and oxygen atoms in total. The minimum Gasteiger partial charge on any atom is -0.366 e. The maximum absolute atomic E-state index is 12.8. The molecular weight excluding hydrogens is 382 g/mol. The fourth-order valence-electron chi connectivity index (χ4n) is 3.21. The first-order valence-electron chi connectivity index (χ1n) is 9.92. The number of anilines is 2. The average Bonchev–Trinajstić information content (AvgIpc) is 3.12. The van der Waals surface area contributed by atoms with Gasteiger partial charge in [-0.05, 0) is 49.2 Å². The maximum atomic E-state index is 12.8. The van der Waals surface area contributed by atoms with Crippen molar-refractivity contribution in [2.45, 2.75) is 33.1 Å². The maximum Gasteiger partial charge on any atom is 0.257 e. The predicted octanol–water partition coefficient (Wildman–Crippen LogP) is 3.01. The summed E-state index contributed by atoms with van der Waals surface area (Å²) in [4.78, 5) is 41.9. The van der Waals surface area contributed by atoms with E-state index in [1.165, 1.54) is 0 Å². The molecule has 0 bridgehead atoms. The second-order valence-corrected chi connectivity index (χ2v) is 6.93. The predicted molar refractivity (Wildman–Crippen MR) is 116 cm³/mol. The SMILES string of the molecule is CCCCN(C=O)c1c(CC)nc2ccc(C(=O)Nc3ccc(C(N)=O)cc3)cn12. The summed E-state index contributed by atoms with van der Waals surface area (Å²) >= 11 is 0. The van der Waals surface area contributed by atoms with Gasteiger partial charge in [0.05, 0.1) is 11.3 Å². The Hall–Kier alpha value is -3.68. The van der Waals surface area contributed by atoms with Crippen molar-refractivity contribution < 1.29 is 14.4 Å². The number of nitrogens with one attached hydrogen (secondary N) is 1. The molecule has 0 saturated carbocycles. The number of benzene rings is 1. The number of pyridine rings is 1. The second kappa shape index (κ2) is 9.21. The molecule has 8 heteroatoms. The third-order valence-electron chi connectivity index (χ3n) is 4.84. The number of nitrogens with zero attached hydrogens (tertiary/aromatic N) is 3. The number of imidazole rings is 1. The third-order valence-corrected chi connectivity index (χ3v) is 4.84. The molecule has 0 radical (unpaired) electrons. The minimum atomic E-state index is -0.527. The van der Waals surface area contributed by atoms with E-state index in [0.29, 0.717) is 41.2 Å². The number of nitrogens with two attached hydrogens (primary N) is 1. The molecule has 0 atom stereocenters. The Bertz CT molecular complexity index is 1070. The van der Waals surface area contributed by atoms with Crippen molar-refractivity contribution in [3.63, 3.8) is 0 Å². The first kappa shape index (κ1) is 21.0. The summed E-state index contributed by atoms with van der Waals surface area (Å²) in [5, 5.41) is 2.80. The van der Waals surface area contributed by atoms with Crippen molar-refractivity contribution in [3.8, 4) is 0 Å². The van der Waals surface area contributed by atoms with Crippen LogP contribution >= 0.6 is 0 Å². The molecule has 2 aromatic heterocycles. The van der Waals surface area contributed by atoms with Gasteiger partial charge < -0.3 is 11.1 Å². The summed E-state index contributed by atoms with van der Waals surface area (Å²) in [7, 11) is 0. The number of carbonyl (C=O) groups is 3. The van der Waals surface area contributed by atoms with E-state index in [1.807, 2.05) is 6.92 Å². The molecule has 3 amide bonds. The highest BCUT2D eigenvalue weighted by Crippen LogP contribution is 2.24. The zero-order chi connectivity index (χ0) is 21.7. The molecule has 3 N–H and O–H groups in total. The molecule has 0 fully saturated rings. The normalized spacial score (nSPS) is 10.7. The van der Waals surface area contributed by atoms with Gasteiger partial charge in [-0.15, -0.1) is 0 Å². The molecule has 3 aromatic rings. The molecule has 0 saturated heterocycles. The van der Waals surface area contributed by atoms with Gasteiger partial charge in [0.2, 0.25) is 12.3 Å². The van der Waals surface area contributed by atoms with Crippen LogP contribution in [0.4, 0.5) is 11.5 Å². The van der Waals surface area contributed by atoms with E-state index >= 15 is 0 Å². The Balaban J connectivity index is 1.93. The first-order chi connectivity index (χ1) is 14.5. The number of unbranched alkanes of at least 4 members (excludes halogenated alkanes) is 1. The molecule has 0 aliphatic heterocycles. The quantitative estimate of drug-likeness (QED) is 0.531. The first-order valence-corrected chi connectivity index (χ1v) is 9.92. The van der Waals surface area contributed by atoms with Gasteiger partial charge in [-0.25, -0.2) is 4.98 Å². The molecule has 30 heavy (non-hydrogen) atoms. The van der Waals surface area contributed by atoms with Gasteiger partial charge in [-0.3, -0.25) is 23.7 Å². The van der Waals surface area contributed by atoms with Crippen LogP contribution in [0.5, 0.6) is 0 Å². The lowest BCUT2D eigenvalue weighted by atomic mass is 10.2. The highest BCUT2D eigenvalue weighted by atomic mass is 16.2. The molecular formula is C22H25N5O3. The zero-order valence-electron chi connectivity index (χ0n) is 17.1. The van der Waals surface area contributed by atoms with Crippen molar-refractivity contribution >= 4 is 35.4 Å². The second-order valence-electron chi connectivity index (χ2n) is 6.93. The molecule has 1 aromatic carbocycles. The molecule has 3 rings (SSSR count). The smallest absolute Gasteiger partial charge is 0.257 e. The van der Waals surface area contributed by atoms with Gasteiger partial charge in [0, 0.05) is 24.0 Å². The molecule has 0 unspecified atom stereocenters. The molecule has 0 spiro atoms. The van der Waals surface area contributed by atoms with Crippen LogP contribution in [0.3, 0.4) is 0 Å². The van der Waals surface area contributed by atoms with E-state index in [9.17, 15) is 14.4 Å². The lowest BCUT2D eigenvalue weighted by Crippen LogP contribution is -2.25. The Morgan fingerprint density at radius 3 is 2.43 bits per heavy atom. The van der Waals surface area contributed by atoms with Crippen molar-refractivity contribution in [2.75, 3.05) is 16.8 Å². The Labute approximate surface area is 174 Å². The van der Waals surface area contributed by atoms with E-state index in [2.05, 4.69) is 17.2 Å². The van der Waals surface area contributed by atoms with Gasteiger partial charge in [0.15, 0.2) is 0 Å². The van der Waals surface area contributed by atoms with E-state index < -0.39 is 5.91 Å². The van der Waals surface area contributed by atoms with Crippen LogP contribution < -0.4 is 16.0 Å². The fraction of sp³-hybridized carbons (Fsp3) is 0.273. The highest BCUT2D eigenvalue weighted by Gasteiger charge is 2.18. The van der Waals surface area contributed by atoms with Crippen molar-refractivity contribution in [2.24, 2.45) is 5.73 Å². The lowest BCUT2D eigenvalue weighted by molar-refractivity contribution is -0.107. The summed E-state index contributed by atoms with van der Waals surface area (Å²) in [6.07, 6.45) is 5.00. The Kier molecular flexibility index (Phi) is 6.46. The minimum absolute atomic E-state index is 0.312. The lowest BCUT2D eigenvalue weighted by Gasteiger charge is -2.18. The van der Waals surface area contributed by atoms with E-state index in [0.717, 1.165) is 24.9 Å². The van der Waals surface area contributed by atoms with Gasteiger partial charge in [0.25, 0.3) is 5.91 Å². The number of aryl methyl sites for hydroxylation is 1. The monoisotopic (exact) mass is 407 g/mol. The molecule has 2 heterocycles. The third kappa shape index (κ3) is 4.32. The summed E-state index contributed by atoms with van der Waals surface area (Å²) < 4.78 is 1.79. The Morgan fingerprint density at radius 2 is 1.83 bits per heavy atom. The topological polar surface area (TPSA) is 110 Å². The standard InChI is InChI=1S/C22H25N5O3/c1-3-5-12-26(14-28)22-18(4-2)25-19-11-8-16(13-27(19)22)21(30)24-17-9-6-15(7-10-17)20(23)29/h6-11,13-14H,3-5,12H2,1-2H3,(H2,23,29)(H,24,30). The molecule has 0 aliphatic carbocycles. The van der Waals surface area contributed by atoms with Crippen molar-refractivity contribution in [3.05, 3.63) is 59.4 Å². The van der Waals surface area contributed by atoms with Gasteiger partial charge in [0.1, 0.15) is 11.5 Å². The van der Waals surface area contributed by atoms with Crippen LogP contribution in [0.15, 0.2) is 42.6 Å². The van der Waals surface area contributed by atoms with Crippen LogP contribution in [0.1, 0.15) is 53.1 Å². The number of aromatic nitrogens is 2. The van der Waals surface area contributed by atoms with E-state index in [1.54, 1.807) is 51.9 Å². The fourth-order valence-corrected chi connectivity index (χ4v) is 3.21. The van der Waals surface area contributed by atoms with E-state index in [4.69, 9.17) is 5.73 Å². The number of hydrogen-bond donors (Lipinski definition) is 2. The van der Waals surface area contributed by atoms with Gasteiger partial charge >= 0.3 is 0 Å². The highest BCUT2D eigenvalue weighted by molar-refractivity contribution is 6.04. The number of carbonyl (C=O) groups excluding carboxylic acids is 3. The average molecular weight is 407 g/mol. The largest absolute Gasteiger partial charge is 0.366 e.